The topological polar surface area (TPSA) is 64.6 Å². The van der Waals surface area contributed by atoms with E-state index in [-0.39, 0.29) is 18.4 Å². The van der Waals surface area contributed by atoms with Crippen LogP contribution < -0.4 is 10.1 Å². The molecule has 2 atom stereocenters. The Morgan fingerprint density at radius 3 is 2.72 bits per heavy atom. The van der Waals surface area contributed by atoms with E-state index in [1.165, 1.54) is 0 Å². The molecule has 0 aromatic heterocycles. The summed E-state index contributed by atoms with van der Waals surface area (Å²) >= 11 is 0. The number of nitrogens with one attached hydrogen (secondary N) is 1. The molecule has 1 amide bonds. The summed E-state index contributed by atoms with van der Waals surface area (Å²) in [5.74, 6) is 0.0546. The fourth-order valence-electron chi connectivity index (χ4n) is 3.68. The van der Waals surface area contributed by atoms with Crippen molar-refractivity contribution >= 4 is 22.6 Å². The number of amides is 1. The van der Waals surface area contributed by atoms with Crippen LogP contribution in [0.15, 0.2) is 66.7 Å². The summed E-state index contributed by atoms with van der Waals surface area (Å²) in [4.78, 5) is 25.0. The van der Waals surface area contributed by atoms with Crippen molar-refractivity contribution in [3.63, 3.8) is 0 Å². The Hall–Kier alpha value is -3.34. The molecule has 0 radical (unpaired) electrons. The molecule has 1 aliphatic rings. The van der Waals surface area contributed by atoms with Gasteiger partial charge in [-0.25, -0.2) is 0 Å². The van der Waals surface area contributed by atoms with E-state index in [0.717, 1.165) is 27.6 Å². The third kappa shape index (κ3) is 4.24. The van der Waals surface area contributed by atoms with Gasteiger partial charge in [-0.05, 0) is 29.3 Å². The lowest BCUT2D eigenvalue weighted by Gasteiger charge is -2.27. The minimum atomic E-state index is -0.868. The van der Waals surface area contributed by atoms with E-state index in [9.17, 15) is 9.59 Å². The average Bonchev–Trinajstić information content (AvgIpc) is 2.74. The minimum absolute atomic E-state index is 0.124. The lowest BCUT2D eigenvalue weighted by atomic mass is 10.0. The van der Waals surface area contributed by atoms with E-state index in [0.29, 0.717) is 13.0 Å². The maximum atomic E-state index is 12.6. The first-order chi connectivity index (χ1) is 14.1. The van der Waals surface area contributed by atoms with Crippen molar-refractivity contribution in [2.24, 2.45) is 0 Å². The van der Waals surface area contributed by atoms with Crippen LogP contribution in [0.4, 0.5) is 0 Å². The molecule has 0 bridgehead atoms. The lowest BCUT2D eigenvalue weighted by molar-refractivity contribution is -0.154. The predicted octanol–water partition coefficient (Wildman–Crippen LogP) is 3.95. The normalized spacial score (nSPS) is 16.4. The average molecular weight is 389 g/mol. The molecular weight excluding hydrogens is 366 g/mol. The van der Waals surface area contributed by atoms with Crippen LogP contribution in [0, 0.1) is 0 Å². The summed E-state index contributed by atoms with van der Waals surface area (Å²) in [5, 5.41) is 5.07. The highest BCUT2D eigenvalue weighted by atomic mass is 16.5. The highest BCUT2D eigenvalue weighted by Crippen LogP contribution is 2.31. The van der Waals surface area contributed by atoms with Gasteiger partial charge in [0.2, 0.25) is 0 Å². The maximum absolute atomic E-state index is 12.6. The molecule has 1 N–H and O–H groups in total. The molecule has 0 aliphatic carbocycles. The van der Waals surface area contributed by atoms with Gasteiger partial charge in [-0.2, -0.15) is 0 Å². The van der Waals surface area contributed by atoms with Crippen molar-refractivity contribution in [2.75, 3.05) is 6.61 Å². The molecule has 3 aromatic carbocycles. The highest BCUT2D eigenvalue weighted by Gasteiger charge is 2.26. The summed E-state index contributed by atoms with van der Waals surface area (Å²) in [6.07, 6.45) is -0.0640. The van der Waals surface area contributed by atoms with Gasteiger partial charge >= 0.3 is 5.97 Å². The molecule has 1 aliphatic heterocycles. The summed E-state index contributed by atoms with van der Waals surface area (Å²) in [6, 6.07) is 21.2. The number of carbonyl (C=O) groups is 2. The first kappa shape index (κ1) is 19.0. The molecule has 0 saturated heterocycles. The monoisotopic (exact) mass is 389 g/mol. The molecule has 0 spiro atoms. The number of rotatable bonds is 5. The molecule has 0 fully saturated rings. The molecule has 5 nitrogen and oxygen atoms in total. The van der Waals surface area contributed by atoms with Gasteiger partial charge < -0.3 is 14.8 Å². The van der Waals surface area contributed by atoms with Gasteiger partial charge in [-0.3, -0.25) is 9.59 Å². The second-order valence-corrected chi connectivity index (χ2v) is 7.18. The van der Waals surface area contributed by atoms with Crippen molar-refractivity contribution in [1.82, 2.24) is 5.32 Å². The van der Waals surface area contributed by atoms with Gasteiger partial charge in [-0.1, -0.05) is 60.7 Å². The Morgan fingerprint density at radius 1 is 1.07 bits per heavy atom. The number of esters is 1. The van der Waals surface area contributed by atoms with E-state index in [2.05, 4.69) is 5.32 Å². The lowest BCUT2D eigenvalue weighted by Crippen LogP contribution is -2.39. The van der Waals surface area contributed by atoms with Gasteiger partial charge in [0.15, 0.2) is 6.10 Å². The Labute approximate surface area is 169 Å². The van der Waals surface area contributed by atoms with Crippen LogP contribution in [-0.4, -0.2) is 24.6 Å². The van der Waals surface area contributed by atoms with Crippen LogP contribution in [0.25, 0.3) is 10.8 Å². The molecule has 29 heavy (non-hydrogen) atoms. The van der Waals surface area contributed by atoms with E-state index >= 15 is 0 Å². The molecule has 5 heteroatoms. The van der Waals surface area contributed by atoms with Crippen molar-refractivity contribution in [1.29, 1.82) is 0 Å². The Kier molecular flexibility index (Phi) is 5.47. The quantitative estimate of drug-likeness (QED) is 0.671. The molecule has 1 heterocycles. The molecule has 4 rings (SSSR count). The van der Waals surface area contributed by atoms with Crippen molar-refractivity contribution < 1.29 is 19.1 Å². The van der Waals surface area contributed by atoms with Gasteiger partial charge in [0.25, 0.3) is 5.91 Å². The molecule has 148 valence electrons. The zero-order chi connectivity index (χ0) is 20.2. The number of benzene rings is 3. The maximum Gasteiger partial charge on any atom is 0.311 e. The summed E-state index contributed by atoms with van der Waals surface area (Å²) in [5.41, 5.74) is 1.83. The smallest absolute Gasteiger partial charge is 0.311 e. The number of hydrogen-bond acceptors (Lipinski definition) is 4. The summed E-state index contributed by atoms with van der Waals surface area (Å²) < 4.78 is 11.0. The van der Waals surface area contributed by atoms with Crippen molar-refractivity contribution in [3.05, 3.63) is 77.9 Å². The number of fused-ring (bicyclic) bond motifs is 2. The first-order valence-corrected chi connectivity index (χ1v) is 9.80. The number of hydrogen-bond donors (Lipinski definition) is 1. The zero-order valence-electron chi connectivity index (χ0n) is 16.3. The first-order valence-electron chi connectivity index (χ1n) is 9.80. The van der Waals surface area contributed by atoms with Gasteiger partial charge in [0.1, 0.15) is 5.75 Å². The Morgan fingerprint density at radius 2 is 1.83 bits per heavy atom. The Bertz CT molecular complexity index is 1040. The third-order valence-electron chi connectivity index (χ3n) is 5.17. The third-order valence-corrected chi connectivity index (χ3v) is 5.17. The largest absolute Gasteiger partial charge is 0.493 e. The van der Waals surface area contributed by atoms with Crippen LogP contribution in [0.5, 0.6) is 5.75 Å². The second kappa shape index (κ2) is 8.35. The second-order valence-electron chi connectivity index (χ2n) is 7.18. The van der Waals surface area contributed by atoms with E-state index in [1.54, 1.807) is 6.92 Å². The minimum Gasteiger partial charge on any atom is -0.493 e. The van der Waals surface area contributed by atoms with E-state index in [1.807, 2.05) is 66.7 Å². The standard InChI is InChI=1S/C24H23NO4/c1-16(24(27)25-21-13-14-28-22-12-5-4-11-20(21)22)29-23(26)15-18-9-6-8-17-7-2-3-10-19(17)18/h2-12,16,21H,13-15H2,1H3,(H,25,27). The number of para-hydroxylation sites is 1. The van der Waals surface area contributed by atoms with Crippen molar-refractivity contribution in [3.8, 4) is 5.75 Å². The predicted molar refractivity (Wildman–Crippen MR) is 111 cm³/mol. The van der Waals surface area contributed by atoms with Crippen LogP contribution in [0.1, 0.15) is 30.5 Å². The SMILES string of the molecule is CC(OC(=O)Cc1cccc2ccccc12)C(=O)NC1CCOc2ccccc21. The number of carbonyl (C=O) groups excluding carboxylic acids is 2. The van der Waals surface area contributed by atoms with Crippen molar-refractivity contribution in [2.45, 2.75) is 31.9 Å². The summed E-state index contributed by atoms with van der Waals surface area (Å²) in [6.45, 7) is 2.14. The molecule has 3 aromatic rings. The molecular formula is C24H23NO4. The van der Waals surface area contributed by atoms with Crippen LogP contribution in [0.3, 0.4) is 0 Å². The van der Waals surface area contributed by atoms with Gasteiger partial charge in [-0.15, -0.1) is 0 Å². The van der Waals surface area contributed by atoms with E-state index < -0.39 is 12.1 Å². The Balaban J connectivity index is 1.38. The zero-order valence-corrected chi connectivity index (χ0v) is 16.3. The van der Waals surface area contributed by atoms with Crippen LogP contribution in [0.2, 0.25) is 0 Å². The number of ether oxygens (including phenoxy) is 2. The molecule has 2 unspecified atom stereocenters. The van der Waals surface area contributed by atoms with Gasteiger partial charge in [0, 0.05) is 12.0 Å². The van der Waals surface area contributed by atoms with Crippen LogP contribution >= 0.6 is 0 Å². The highest BCUT2D eigenvalue weighted by molar-refractivity contribution is 5.90. The van der Waals surface area contributed by atoms with E-state index in [4.69, 9.17) is 9.47 Å². The fraction of sp³-hybridized carbons (Fsp3) is 0.250. The summed E-state index contributed by atoms with van der Waals surface area (Å²) in [7, 11) is 0. The fourth-order valence-corrected chi connectivity index (χ4v) is 3.68. The van der Waals surface area contributed by atoms with Gasteiger partial charge in [0.05, 0.1) is 19.1 Å². The van der Waals surface area contributed by atoms with Crippen LogP contribution in [-0.2, 0) is 20.7 Å². The molecule has 0 saturated carbocycles.